The Morgan fingerprint density at radius 3 is 2.73 bits per heavy atom. The molecule has 0 fully saturated rings. The van der Waals surface area contributed by atoms with Gasteiger partial charge in [-0.05, 0) is 30.3 Å². The van der Waals surface area contributed by atoms with E-state index in [1.54, 1.807) is 11.8 Å². The van der Waals surface area contributed by atoms with Crippen molar-refractivity contribution in [1.82, 2.24) is 5.32 Å². The summed E-state index contributed by atoms with van der Waals surface area (Å²) in [6, 6.07) is 17.7. The number of ether oxygens (including phenoxy) is 1. The first-order chi connectivity index (χ1) is 10.7. The lowest BCUT2D eigenvalue weighted by Gasteiger charge is -2.08. The molecule has 1 amide bonds. The fourth-order valence-electron chi connectivity index (χ4n) is 1.78. The number of thioether (sulfide) groups is 1. The number of hydrogen-bond acceptors (Lipinski definition) is 3. The topological polar surface area (TPSA) is 38.3 Å². The van der Waals surface area contributed by atoms with Crippen molar-refractivity contribution in [1.29, 1.82) is 0 Å². The Morgan fingerprint density at radius 1 is 1.14 bits per heavy atom. The van der Waals surface area contributed by atoms with Crippen LogP contribution in [0.15, 0.2) is 64.0 Å². The number of nitrogens with one attached hydrogen (secondary N) is 1. The zero-order chi connectivity index (χ0) is 15.6. The summed E-state index contributed by atoms with van der Waals surface area (Å²) in [5.74, 6) is 1.63. The first-order valence-electron chi connectivity index (χ1n) is 7.07. The van der Waals surface area contributed by atoms with Crippen molar-refractivity contribution in [3.63, 3.8) is 0 Å². The van der Waals surface area contributed by atoms with E-state index in [2.05, 4.69) is 33.4 Å². The van der Waals surface area contributed by atoms with E-state index in [0.717, 1.165) is 16.0 Å². The molecule has 22 heavy (non-hydrogen) atoms. The van der Waals surface area contributed by atoms with Crippen LogP contribution in [0.4, 0.5) is 0 Å². The van der Waals surface area contributed by atoms with Crippen molar-refractivity contribution in [2.45, 2.75) is 11.3 Å². The van der Waals surface area contributed by atoms with Crippen LogP contribution >= 0.6 is 27.7 Å². The van der Waals surface area contributed by atoms with Crippen LogP contribution in [0.25, 0.3) is 0 Å². The molecule has 0 radical (unpaired) electrons. The molecule has 0 aliphatic heterocycles. The number of carbonyl (C=O) groups is 1. The average molecular weight is 380 g/mol. The third-order valence-corrected chi connectivity index (χ3v) is 4.34. The molecule has 3 nitrogen and oxygen atoms in total. The third-order valence-electron chi connectivity index (χ3n) is 2.83. The van der Waals surface area contributed by atoms with Gasteiger partial charge in [-0.1, -0.05) is 40.2 Å². The van der Waals surface area contributed by atoms with E-state index in [-0.39, 0.29) is 5.91 Å². The molecule has 0 saturated heterocycles. The molecule has 0 atom stereocenters. The Labute approximate surface area is 143 Å². The molecule has 0 unspecified atom stereocenters. The highest BCUT2D eigenvalue weighted by Crippen LogP contribution is 2.18. The van der Waals surface area contributed by atoms with Crippen molar-refractivity contribution in [2.75, 3.05) is 18.9 Å². The minimum atomic E-state index is 0.0567. The summed E-state index contributed by atoms with van der Waals surface area (Å²) in [4.78, 5) is 12.9. The quantitative estimate of drug-likeness (QED) is 0.553. The summed E-state index contributed by atoms with van der Waals surface area (Å²) in [7, 11) is 0. The molecule has 0 heterocycles. The first-order valence-corrected chi connectivity index (χ1v) is 8.85. The average Bonchev–Trinajstić information content (AvgIpc) is 2.53. The van der Waals surface area contributed by atoms with E-state index < -0.39 is 0 Å². The Kier molecular flexibility index (Phi) is 7.33. The van der Waals surface area contributed by atoms with E-state index in [1.165, 1.54) is 4.90 Å². The zero-order valence-corrected chi connectivity index (χ0v) is 14.5. The molecule has 1 N–H and O–H groups in total. The molecule has 0 aliphatic rings. The lowest BCUT2D eigenvalue weighted by molar-refractivity contribution is -0.120. The van der Waals surface area contributed by atoms with Crippen molar-refractivity contribution in [2.24, 2.45) is 0 Å². The molecule has 0 aliphatic carbocycles. The van der Waals surface area contributed by atoms with Crippen molar-refractivity contribution < 1.29 is 9.53 Å². The summed E-state index contributed by atoms with van der Waals surface area (Å²) in [5.41, 5.74) is 0. The molecule has 2 rings (SSSR count). The Bertz CT molecular complexity index is 592. The number of carbonyl (C=O) groups excluding carboxylic acids is 1. The Hall–Kier alpha value is -1.46. The van der Waals surface area contributed by atoms with Gasteiger partial charge in [-0.3, -0.25) is 4.79 Å². The smallest absolute Gasteiger partial charge is 0.220 e. The second kappa shape index (κ2) is 9.54. The standard InChI is InChI=1S/C17H18BrNO2S/c18-14-5-4-6-15(13-14)21-11-10-19-17(20)9-12-22-16-7-2-1-3-8-16/h1-8,13H,9-12H2,(H,19,20). The third kappa shape index (κ3) is 6.54. The summed E-state index contributed by atoms with van der Waals surface area (Å²) < 4.78 is 6.54. The molecule has 0 spiro atoms. The van der Waals surface area contributed by atoms with Gasteiger partial charge in [-0.25, -0.2) is 0 Å². The van der Waals surface area contributed by atoms with Crippen LogP contribution in [0, 0.1) is 0 Å². The second-order valence-corrected chi connectivity index (χ2v) is 6.65. The van der Waals surface area contributed by atoms with Gasteiger partial charge in [0.1, 0.15) is 12.4 Å². The Morgan fingerprint density at radius 2 is 1.95 bits per heavy atom. The van der Waals surface area contributed by atoms with Crippen molar-refractivity contribution in [3.8, 4) is 5.75 Å². The number of halogens is 1. The van der Waals surface area contributed by atoms with E-state index >= 15 is 0 Å². The highest BCUT2D eigenvalue weighted by Gasteiger charge is 2.02. The number of hydrogen-bond donors (Lipinski definition) is 1. The van der Waals surface area contributed by atoms with Crippen LogP contribution in [0.3, 0.4) is 0 Å². The van der Waals surface area contributed by atoms with Gasteiger partial charge in [-0.15, -0.1) is 11.8 Å². The van der Waals surface area contributed by atoms with Gasteiger partial charge in [-0.2, -0.15) is 0 Å². The maximum Gasteiger partial charge on any atom is 0.220 e. The van der Waals surface area contributed by atoms with E-state index in [9.17, 15) is 4.79 Å². The predicted octanol–water partition coefficient (Wildman–Crippen LogP) is 4.13. The van der Waals surface area contributed by atoms with E-state index in [1.807, 2.05) is 42.5 Å². The minimum absolute atomic E-state index is 0.0567. The molecule has 0 saturated carbocycles. The summed E-state index contributed by atoms with van der Waals surface area (Å²) in [6.07, 6.45) is 0.510. The van der Waals surface area contributed by atoms with Crippen LogP contribution in [-0.4, -0.2) is 24.8 Å². The normalized spacial score (nSPS) is 10.2. The number of benzene rings is 2. The van der Waals surface area contributed by atoms with E-state index in [0.29, 0.717) is 19.6 Å². The first kappa shape index (κ1) is 16.9. The number of amides is 1. The van der Waals surface area contributed by atoms with Gasteiger partial charge in [0.05, 0.1) is 6.54 Å². The van der Waals surface area contributed by atoms with Gasteiger partial charge in [0.25, 0.3) is 0 Å². The fourth-order valence-corrected chi connectivity index (χ4v) is 3.03. The van der Waals surface area contributed by atoms with Gasteiger partial charge in [0, 0.05) is 21.5 Å². The second-order valence-electron chi connectivity index (χ2n) is 4.57. The molecular weight excluding hydrogens is 362 g/mol. The fraction of sp³-hybridized carbons (Fsp3) is 0.235. The Balaban J connectivity index is 1.56. The molecule has 5 heteroatoms. The maximum absolute atomic E-state index is 11.7. The SMILES string of the molecule is O=C(CCSc1ccccc1)NCCOc1cccc(Br)c1. The van der Waals surface area contributed by atoms with Crippen LogP contribution < -0.4 is 10.1 Å². The maximum atomic E-state index is 11.7. The van der Waals surface area contributed by atoms with Gasteiger partial charge < -0.3 is 10.1 Å². The van der Waals surface area contributed by atoms with Crippen LogP contribution in [0.5, 0.6) is 5.75 Å². The number of rotatable bonds is 8. The van der Waals surface area contributed by atoms with Gasteiger partial charge >= 0.3 is 0 Å². The molecule has 2 aromatic carbocycles. The van der Waals surface area contributed by atoms with Crippen molar-refractivity contribution in [3.05, 3.63) is 59.1 Å². The monoisotopic (exact) mass is 379 g/mol. The molecule has 0 aromatic heterocycles. The highest BCUT2D eigenvalue weighted by atomic mass is 79.9. The molecule has 2 aromatic rings. The highest BCUT2D eigenvalue weighted by molar-refractivity contribution is 9.10. The predicted molar refractivity (Wildman–Crippen MR) is 94.4 cm³/mol. The zero-order valence-electron chi connectivity index (χ0n) is 12.1. The minimum Gasteiger partial charge on any atom is -0.492 e. The molecular formula is C17H18BrNO2S. The van der Waals surface area contributed by atoms with Gasteiger partial charge in [0.15, 0.2) is 0 Å². The van der Waals surface area contributed by atoms with Crippen LogP contribution in [0.2, 0.25) is 0 Å². The van der Waals surface area contributed by atoms with Crippen LogP contribution in [0.1, 0.15) is 6.42 Å². The molecule has 0 bridgehead atoms. The summed E-state index contributed by atoms with van der Waals surface area (Å²) in [5, 5.41) is 2.86. The van der Waals surface area contributed by atoms with Crippen molar-refractivity contribution >= 4 is 33.6 Å². The van der Waals surface area contributed by atoms with Gasteiger partial charge in [0.2, 0.25) is 5.91 Å². The lowest BCUT2D eigenvalue weighted by Crippen LogP contribution is -2.28. The lowest BCUT2D eigenvalue weighted by atomic mass is 10.3. The largest absolute Gasteiger partial charge is 0.492 e. The summed E-state index contributed by atoms with van der Waals surface area (Å²) in [6.45, 7) is 0.982. The summed E-state index contributed by atoms with van der Waals surface area (Å²) >= 11 is 5.08. The van der Waals surface area contributed by atoms with Crippen LogP contribution in [-0.2, 0) is 4.79 Å². The van der Waals surface area contributed by atoms with E-state index in [4.69, 9.17) is 4.74 Å². The molecule has 116 valence electrons.